The minimum absolute atomic E-state index is 0.0210. The van der Waals surface area contributed by atoms with Crippen LogP contribution in [0.15, 0.2) is 60.7 Å². The first-order valence-electron chi connectivity index (χ1n) is 13.0. The van der Waals surface area contributed by atoms with Crippen LogP contribution in [-0.4, -0.2) is 53.9 Å². The first kappa shape index (κ1) is 22.5. The number of carbonyl (C=O) groups excluding carboxylic acids is 3. The van der Waals surface area contributed by atoms with Crippen molar-refractivity contribution in [2.75, 3.05) is 26.2 Å². The molecule has 1 N–H and O–H groups in total. The molecule has 5 aliphatic rings. The molecule has 182 valence electrons. The number of ketones is 1. The zero-order valence-electron chi connectivity index (χ0n) is 20.0. The number of ether oxygens (including phenoxy) is 1. The Morgan fingerprint density at radius 3 is 2.34 bits per heavy atom. The topological polar surface area (TPSA) is 72.5 Å². The molecule has 7 rings (SSSR count). The van der Waals surface area contributed by atoms with Gasteiger partial charge in [-0.2, -0.15) is 0 Å². The number of amides is 1. The van der Waals surface area contributed by atoms with Crippen molar-refractivity contribution in [1.82, 2.24) is 5.32 Å². The summed E-state index contributed by atoms with van der Waals surface area (Å²) in [5.74, 6) is 0.397. The SMILES string of the molecule is O=C(C[N+]12CCC3C(C1)C3(OC(=O)C(NC(=O)C1CCCC1)c1ccccc1)C2)c1ccccc1. The van der Waals surface area contributed by atoms with Crippen molar-refractivity contribution in [3.8, 4) is 0 Å². The van der Waals surface area contributed by atoms with Crippen LogP contribution in [0.4, 0.5) is 0 Å². The second-order valence-electron chi connectivity index (χ2n) is 11.1. The molecular weight excluding hydrogens is 440 g/mol. The van der Waals surface area contributed by atoms with Crippen LogP contribution < -0.4 is 5.32 Å². The maximum atomic E-state index is 13.6. The second-order valence-corrected chi connectivity index (χ2v) is 11.1. The lowest BCUT2D eigenvalue weighted by molar-refractivity contribution is -0.922. The number of piperidine rings is 3. The van der Waals surface area contributed by atoms with E-state index in [0.717, 1.165) is 56.3 Å². The van der Waals surface area contributed by atoms with Crippen LogP contribution in [0.3, 0.4) is 0 Å². The van der Waals surface area contributed by atoms with Gasteiger partial charge in [0.25, 0.3) is 0 Å². The maximum Gasteiger partial charge on any atom is 0.334 e. The van der Waals surface area contributed by atoms with Crippen LogP contribution in [0, 0.1) is 17.8 Å². The fraction of sp³-hybridized carbons (Fsp3) is 0.483. The van der Waals surface area contributed by atoms with E-state index < -0.39 is 11.6 Å². The molecule has 5 unspecified atom stereocenters. The summed E-state index contributed by atoms with van der Waals surface area (Å²) in [6, 6.07) is 18.1. The Morgan fingerprint density at radius 1 is 0.943 bits per heavy atom. The summed E-state index contributed by atoms with van der Waals surface area (Å²) in [7, 11) is 0. The van der Waals surface area contributed by atoms with Gasteiger partial charge in [-0.3, -0.25) is 9.59 Å². The summed E-state index contributed by atoms with van der Waals surface area (Å²) in [4.78, 5) is 39.5. The van der Waals surface area contributed by atoms with E-state index in [0.29, 0.717) is 29.4 Å². The van der Waals surface area contributed by atoms with Crippen molar-refractivity contribution in [2.45, 2.75) is 43.7 Å². The average Bonchev–Trinajstić information content (AvgIpc) is 3.22. The van der Waals surface area contributed by atoms with E-state index in [1.807, 2.05) is 60.7 Å². The highest BCUT2D eigenvalue weighted by Gasteiger charge is 2.81. The predicted octanol–water partition coefficient (Wildman–Crippen LogP) is 3.68. The van der Waals surface area contributed by atoms with Crippen molar-refractivity contribution >= 4 is 17.7 Å². The average molecular weight is 474 g/mol. The van der Waals surface area contributed by atoms with Gasteiger partial charge >= 0.3 is 5.97 Å². The molecule has 1 amide bonds. The molecule has 3 saturated heterocycles. The van der Waals surface area contributed by atoms with Gasteiger partial charge in [0.05, 0.1) is 19.0 Å². The number of rotatable bonds is 8. The molecular formula is C29H33N2O4+. The number of benzene rings is 2. The number of Topliss-reactive ketones (excluding diaryl/α,β-unsaturated/α-hetero) is 1. The summed E-state index contributed by atoms with van der Waals surface area (Å²) >= 11 is 0. The molecule has 6 nitrogen and oxygen atoms in total. The summed E-state index contributed by atoms with van der Waals surface area (Å²) in [5.41, 5.74) is 1.01. The number of esters is 1. The quantitative estimate of drug-likeness (QED) is 0.361. The van der Waals surface area contributed by atoms with Gasteiger partial charge in [-0.1, -0.05) is 73.5 Å². The van der Waals surface area contributed by atoms with E-state index in [1.165, 1.54) is 0 Å². The lowest BCUT2D eigenvalue weighted by Crippen LogP contribution is -2.57. The van der Waals surface area contributed by atoms with E-state index in [9.17, 15) is 14.4 Å². The Hall–Kier alpha value is -2.99. The monoisotopic (exact) mass is 473 g/mol. The second kappa shape index (κ2) is 8.59. The van der Waals surface area contributed by atoms with Crippen LogP contribution in [0.25, 0.3) is 0 Å². The van der Waals surface area contributed by atoms with Crippen molar-refractivity contribution < 1.29 is 23.6 Å². The maximum absolute atomic E-state index is 13.6. The molecule has 4 bridgehead atoms. The number of hydrogen-bond donors (Lipinski definition) is 1. The number of nitrogens with one attached hydrogen (secondary N) is 1. The highest BCUT2D eigenvalue weighted by Crippen LogP contribution is 2.65. The highest BCUT2D eigenvalue weighted by atomic mass is 16.6. The molecule has 0 radical (unpaired) electrons. The number of fused-ring (bicyclic) bond motifs is 1. The molecule has 0 aromatic heterocycles. The van der Waals surface area contributed by atoms with Crippen LogP contribution >= 0.6 is 0 Å². The van der Waals surface area contributed by atoms with Crippen LogP contribution in [0.5, 0.6) is 0 Å². The van der Waals surface area contributed by atoms with Gasteiger partial charge in [0.2, 0.25) is 11.7 Å². The van der Waals surface area contributed by atoms with Gasteiger partial charge in [-0.05, 0) is 18.4 Å². The molecule has 3 heterocycles. The van der Waals surface area contributed by atoms with Crippen LogP contribution in [0.1, 0.15) is 54.1 Å². The van der Waals surface area contributed by atoms with E-state index >= 15 is 0 Å². The van der Waals surface area contributed by atoms with Crippen molar-refractivity contribution in [3.63, 3.8) is 0 Å². The summed E-state index contributed by atoms with van der Waals surface area (Å²) in [6.07, 6.45) is 4.86. The fourth-order valence-electron chi connectivity index (χ4n) is 7.15. The predicted molar refractivity (Wildman–Crippen MR) is 130 cm³/mol. The molecule has 5 fully saturated rings. The first-order chi connectivity index (χ1) is 17.0. The van der Waals surface area contributed by atoms with Gasteiger partial charge in [-0.15, -0.1) is 0 Å². The van der Waals surface area contributed by atoms with Crippen LogP contribution in [-0.2, 0) is 14.3 Å². The minimum Gasteiger partial charge on any atom is -0.450 e. The minimum atomic E-state index is -0.798. The van der Waals surface area contributed by atoms with Crippen LogP contribution in [0.2, 0.25) is 0 Å². The molecule has 2 aliphatic carbocycles. The third-order valence-corrected chi connectivity index (χ3v) is 8.96. The zero-order chi connectivity index (χ0) is 24.0. The zero-order valence-corrected chi connectivity index (χ0v) is 20.0. The van der Waals surface area contributed by atoms with Gasteiger partial charge in [0.15, 0.2) is 11.6 Å². The molecule has 6 heteroatoms. The van der Waals surface area contributed by atoms with Gasteiger partial charge in [0.1, 0.15) is 13.1 Å². The molecule has 2 aromatic rings. The highest BCUT2D eigenvalue weighted by molar-refractivity contribution is 5.97. The Balaban J connectivity index is 1.18. The molecule has 2 aromatic carbocycles. The summed E-state index contributed by atoms with van der Waals surface area (Å²) in [6.45, 7) is 3.00. The van der Waals surface area contributed by atoms with E-state index in [1.54, 1.807) is 0 Å². The Bertz CT molecular complexity index is 1130. The lowest BCUT2D eigenvalue weighted by atomic mass is 10.0. The lowest BCUT2D eigenvalue weighted by Gasteiger charge is -2.41. The standard InChI is InChI=1S/C29H32N2O4/c32-25(20-9-3-1-4-10-20)18-31-16-15-23-24(17-31)29(23,19-31)35-28(34)26(21-11-5-2-6-12-21)30-27(33)22-13-7-8-14-22/h1-6,9-12,22-24,26H,7-8,13-19H2/p+1. The van der Waals surface area contributed by atoms with E-state index in [-0.39, 0.29) is 23.6 Å². The van der Waals surface area contributed by atoms with E-state index in [2.05, 4.69) is 5.32 Å². The van der Waals surface area contributed by atoms with E-state index in [4.69, 9.17) is 4.74 Å². The molecule has 0 spiro atoms. The van der Waals surface area contributed by atoms with Crippen molar-refractivity contribution in [2.24, 2.45) is 17.8 Å². The largest absolute Gasteiger partial charge is 0.450 e. The molecule has 2 saturated carbocycles. The van der Waals surface area contributed by atoms with Gasteiger partial charge < -0.3 is 14.5 Å². The number of hydrogen-bond acceptors (Lipinski definition) is 4. The molecule has 35 heavy (non-hydrogen) atoms. The third kappa shape index (κ3) is 3.98. The summed E-state index contributed by atoms with van der Waals surface area (Å²) < 4.78 is 7.02. The van der Waals surface area contributed by atoms with Crippen molar-refractivity contribution in [1.29, 1.82) is 0 Å². The molecule has 3 aliphatic heterocycles. The fourth-order valence-corrected chi connectivity index (χ4v) is 7.15. The van der Waals surface area contributed by atoms with Crippen molar-refractivity contribution in [3.05, 3.63) is 71.8 Å². The Labute approximate surface area is 206 Å². The normalized spacial score (nSPS) is 31.5. The smallest absolute Gasteiger partial charge is 0.334 e. The Morgan fingerprint density at radius 2 is 1.63 bits per heavy atom. The first-order valence-corrected chi connectivity index (χ1v) is 13.0. The number of carbonyl (C=O) groups is 3. The molecule has 5 atom stereocenters. The number of quaternary nitrogens is 1. The van der Waals surface area contributed by atoms with Gasteiger partial charge in [0, 0.05) is 23.8 Å². The summed E-state index contributed by atoms with van der Waals surface area (Å²) in [5, 5.41) is 3.02. The van der Waals surface area contributed by atoms with Gasteiger partial charge in [-0.25, -0.2) is 4.79 Å². The third-order valence-electron chi connectivity index (χ3n) is 8.96. The Kier molecular flexibility index (Phi) is 5.52. The number of nitrogens with zero attached hydrogens (tertiary/aromatic N) is 1.